The van der Waals surface area contributed by atoms with Gasteiger partial charge in [0.2, 0.25) is 0 Å². The van der Waals surface area contributed by atoms with Crippen LogP contribution in [0.5, 0.6) is 0 Å². The number of hydrogen-bond acceptors (Lipinski definition) is 2. The van der Waals surface area contributed by atoms with Gasteiger partial charge in [0.15, 0.2) is 0 Å². The van der Waals surface area contributed by atoms with Crippen molar-refractivity contribution in [3.05, 3.63) is 0 Å². The minimum Gasteiger partial charge on any atom is -0.481 e. The predicted octanol–water partition coefficient (Wildman–Crippen LogP) is 1.20. The summed E-state index contributed by atoms with van der Waals surface area (Å²) >= 11 is 0. The zero-order valence-electron chi connectivity index (χ0n) is 10.4. The SMILES string of the molecule is CC#CCCNC(=O)NCC(C)CCC(=O)O. The number of amides is 2. The van der Waals surface area contributed by atoms with Crippen LogP contribution in [-0.4, -0.2) is 30.2 Å². The molecule has 0 aliphatic heterocycles. The molecule has 0 bridgehead atoms. The van der Waals surface area contributed by atoms with E-state index in [2.05, 4.69) is 22.5 Å². The Morgan fingerprint density at radius 3 is 2.65 bits per heavy atom. The highest BCUT2D eigenvalue weighted by Crippen LogP contribution is 2.03. The molecule has 0 aromatic rings. The van der Waals surface area contributed by atoms with E-state index < -0.39 is 5.97 Å². The second kappa shape index (κ2) is 9.52. The van der Waals surface area contributed by atoms with E-state index in [1.165, 1.54) is 0 Å². The molecular formula is C12H20N2O3. The molecule has 1 atom stereocenters. The van der Waals surface area contributed by atoms with Gasteiger partial charge >= 0.3 is 12.0 Å². The average molecular weight is 240 g/mol. The van der Waals surface area contributed by atoms with E-state index >= 15 is 0 Å². The van der Waals surface area contributed by atoms with Crippen molar-refractivity contribution in [2.45, 2.75) is 33.1 Å². The number of carbonyl (C=O) groups excluding carboxylic acids is 1. The summed E-state index contributed by atoms with van der Waals surface area (Å²) in [4.78, 5) is 21.6. The first-order chi connectivity index (χ1) is 8.06. The summed E-state index contributed by atoms with van der Waals surface area (Å²) in [5, 5.41) is 13.9. The molecule has 5 nitrogen and oxygen atoms in total. The van der Waals surface area contributed by atoms with Gasteiger partial charge in [-0.2, -0.15) is 0 Å². The summed E-state index contributed by atoms with van der Waals surface area (Å²) in [6.07, 6.45) is 1.34. The standard InChI is InChI=1S/C12H20N2O3/c1-3-4-5-8-13-12(17)14-9-10(2)6-7-11(15)16/h10H,5-9H2,1-2H3,(H,15,16)(H2,13,14,17). The molecule has 5 heteroatoms. The van der Waals surface area contributed by atoms with Crippen LogP contribution in [0.3, 0.4) is 0 Å². The second-order valence-electron chi connectivity index (χ2n) is 3.85. The van der Waals surface area contributed by atoms with Crippen molar-refractivity contribution in [1.82, 2.24) is 10.6 Å². The fourth-order valence-electron chi connectivity index (χ4n) is 1.16. The van der Waals surface area contributed by atoms with Crippen molar-refractivity contribution in [3.63, 3.8) is 0 Å². The Balaban J connectivity index is 3.53. The summed E-state index contributed by atoms with van der Waals surface area (Å²) in [7, 11) is 0. The third-order valence-electron chi connectivity index (χ3n) is 2.17. The maximum atomic E-state index is 11.3. The Kier molecular flexibility index (Phi) is 8.57. The summed E-state index contributed by atoms with van der Waals surface area (Å²) < 4.78 is 0. The Morgan fingerprint density at radius 1 is 1.35 bits per heavy atom. The van der Waals surface area contributed by atoms with E-state index in [4.69, 9.17) is 5.11 Å². The fraction of sp³-hybridized carbons (Fsp3) is 0.667. The number of carboxylic acids is 1. The number of carboxylic acid groups (broad SMARTS) is 1. The Labute approximate surface area is 102 Å². The van der Waals surface area contributed by atoms with Gasteiger partial charge in [-0.25, -0.2) is 4.79 Å². The van der Waals surface area contributed by atoms with Crippen molar-refractivity contribution in [2.75, 3.05) is 13.1 Å². The van der Waals surface area contributed by atoms with Gasteiger partial charge in [-0.15, -0.1) is 11.8 Å². The van der Waals surface area contributed by atoms with Crippen LogP contribution in [0.25, 0.3) is 0 Å². The lowest BCUT2D eigenvalue weighted by molar-refractivity contribution is -0.137. The maximum absolute atomic E-state index is 11.3. The lowest BCUT2D eigenvalue weighted by atomic mass is 10.1. The predicted molar refractivity (Wildman–Crippen MR) is 65.5 cm³/mol. The number of rotatable bonds is 7. The van der Waals surface area contributed by atoms with Crippen LogP contribution >= 0.6 is 0 Å². The van der Waals surface area contributed by atoms with E-state index in [-0.39, 0.29) is 18.4 Å². The van der Waals surface area contributed by atoms with Gasteiger partial charge in [-0.1, -0.05) is 6.92 Å². The molecule has 0 heterocycles. The van der Waals surface area contributed by atoms with E-state index in [0.29, 0.717) is 25.9 Å². The van der Waals surface area contributed by atoms with Crippen LogP contribution < -0.4 is 10.6 Å². The molecule has 17 heavy (non-hydrogen) atoms. The Hall–Kier alpha value is -1.70. The molecule has 0 rings (SSSR count). The van der Waals surface area contributed by atoms with E-state index in [0.717, 1.165) is 0 Å². The molecule has 0 aromatic carbocycles. The number of hydrogen-bond donors (Lipinski definition) is 3. The van der Waals surface area contributed by atoms with Gasteiger partial charge in [0.25, 0.3) is 0 Å². The van der Waals surface area contributed by atoms with Crippen LogP contribution in [0.2, 0.25) is 0 Å². The molecule has 0 aromatic heterocycles. The van der Waals surface area contributed by atoms with Gasteiger partial charge in [0, 0.05) is 25.9 Å². The molecule has 1 unspecified atom stereocenters. The average Bonchev–Trinajstić information content (AvgIpc) is 2.29. The topological polar surface area (TPSA) is 78.4 Å². The number of urea groups is 1. The number of carbonyl (C=O) groups is 2. The van der Waals surface area contributed by atoms with Crippen molar-refractivity contribution < 1.29 is 14.7 Å². The zero-order valence-corrected chi connectivity index (χ0v) is 10.4. The molecule has 96 valence electrons. The molecule has 3 N–H and O–H groups in total. The molecule has 0 saturated heterocycles. The zero-order chi connectivity index (χ0) is 13.1. The summed E-state index contributed by atoms with van der Waals surface area (Å²) in [6, 6.07) is -0.231. The van der Waals surface area contributed by atoms with Crippen LogP contribution in [0, 0.1) is 17.8 Å². The number of nitrogens with one attached hydrogen (secondary N) is 2. The van der Waals surface area contributed by atoms with Gasteiger partial charge in [-0.05, 0) is 19.3 Å². The highest BCUT2D eigenvalue weighted by atomic mass is 16.4. The highest BCUT2D eigenvalue weighted by Gasteiger charge is 2.06. The largest absolute Gasteiger partial charge is 0.481 e. The molecule has 0 fully saturated rings. The third-order valence-corrected chi connectivity index (χ3v) is 2.17. The summed E-state index contributed by atoms with van der Waals surface area (Å²) in [6.45, 7) is 4.67. The smallest absolute Gasteiger partial charge is 0.314 e. The van der Waals surface area contributed by atoms with Crippen LogP contribution in [-0.2, 0) is 4.79 Å². The molecule has 0 saturated carbocycles. The molecule has 0 spiro atoms. The van der Waals surface area contributed by atoms with Crippen molar-refractivity contribution in [3.8, 4) is 11.8 Å². The van der Waals surface area contributed by atoms with Crippen LogP contribution in [0.1, 0.15) is 33.1 Å². The maximum Gasteiger partial charge on any atom is 0.314 e. The Bertz CT molecular complexity index is 305. The first-order valence-corrected chi connectivity index (χ1v) is 5.69. The monoisotopic (exact) mass is 240 g/mol. The molecular weight excluding hydrogens is 220 g/mol. The minimum absolute atomic E-state index is 0.135. The number of aliphatic carboxylic acids is 1. The van der Waals surface area contributed by atoms with Crippen LogP contribution in [0.4, 0.5) is 4.79 Å². The Morgan fingerprint density at radius 2 is 2.06 bits per heavy atom. The van der Waals surface area contributed by atoms with Crippen LogP contribution in [0.15, 0.2) is 0 Å². The highest BCUT2D eigenvalue weighted by molar-refractivity contribution is 5.73. The first kappa shape index (κ1) is 15.3. The molecule has 0 aliphatic carbocycles. The van der Waals surface area contributed by atoms with Gasteiger partial charge in [0.05, 0.1) is 0 Å². The van der Waals surface area contributed by atoms with E-state index in [1.54, 1.807) is 6.92 Å². The molecule has 2 amide bonds. The van der Waals surface area contributed by atoms with E-state index in [9.17, 15) is 9.59 Å². The minimum atomic E-state index is -0.806. The fourth-order valence-corrected chi connectivity index (χ4v) is 1.16. The van der Waals surface area contributed by atoms with Crippen molar-refractivity contribution >= 4 is 12.0 Å². The third kappa shape index (κ3) is 10.6. The van der Waals surface area contributed by atoms with Crippen molar-refractivity contribution in [2.24, 2.45) is 5.92 Å². The van der Waals surface area contributed by atoms with Gasteiger partial charge in [-0.3, -0.25) is 4.79 Å². The second-order valence-corrected chi connectivity index (χ2v) is 3.85. The lowest BCUT2D eigenvalue weighted by Crippen LogP contribution is -2.38. The van der Waals surface area contributed by atoms with Crippen molar-refractivity contribution in [1.29, 1.82) is 0 Å². The molecule has 0 aliphatic rings. The molecule has 0 radical (unpaired) electrons. The normalized spacial score (nSPS) is 10.9. The summed E-state index contributed by atoms with van der Waals surface area (Å²) in [5.41, 5.74) is 0. The first-order valence-electron chi connectivity index (χ1n) is 5.69. The summed E-state index contributed by atoms with van der Waals surface area (Å²) in [5.74, 6) is 4.94. The van der Waals surface area contributed by atoms with Gasteiger partial charge < -0.3 is 15.7 Å². The van der Waals surface area contributed by atoms with E-state index in [1.807, 2.05) is 6.92 Å². The lowest BCUT2D eigenvalue weighted by Gasteiger charge is -2.11. The van der Waals surface area contributed by atoms with Gasteiger partial charge in [0.1, 0.15) is 0 Å². The quantitative estimate of drug-likeness (QED) is 0.462.